The number of anilines is 1. The Labute approximate surface area is 167 Å². The van der Waals surface area contributed by atoms with E-state index in [2.05, 4.69) is 20.2 Å². The fraction of sp³-hybridized carbons (Fsp3) is 0.375. The number of amides is 1. The van der Waals surface area contributed by atoms with Gasteiger partial charge in [-0.1, -0.05) is 11.8 Å². The molecule has 0 aliphatic rings. The van der Waals surface area contributed by atoms with E-state index < -0.39 is 16.0 Å². The molecular weight excluding hydrogens is 406 g/mol. The van der Waals surface area contributed by atoms with E-state index >= 15 is 0 Å². The Morgan fingerprint density at radius 2 is 1.89 bits per heavy atom. The Balaban J connectivity index is 1.96. The summed E-state index contributed by atoms with van der Waals surface area (Å²) in [6.07, 6.45) is 1.08. The number of ether oxygens (including phenoxy) is 1. The summed E-state index contributed by atoms with van der Waals surface area (Å²) in [5.74, 6) is -0.169. The lowest BCUT2D eigenvalue weighted by atomic mass is 10.2. The summed E-state index contributed by atoms with van der Waals surface area (Å²) >= 11 is 1.18. The number of hydrogen-bond acceptors (Lipinski definition) is 8. The highest BCUT2D eigenvalue weighted by Crippen LogP contribution is 2.24. The Bertz CT molecular complexity index is 941. The molecule has 0 aliphatic carbocycles. The molecule has 2 rings (SSSR count). The van der Waals surface area contributed by atoms with E-state index in [-0.39, 0.29) is 24.8 Å². The molecule has 0 bridgehead atoms. The molecule has 28 heavy (non-hydrogen) atoms. The van der Waals surface area contributed by atoms with E-state index in [0.717, 1.165) is 11.8 Å². The minimum absolute atomic E-state index is 0.0720. The molecular formula is C16H21N5O5S2. The number of aromatic nitrogens is 3. The van der Waals surface area contributed by atoms with Crippen LogP contribution in [0.3, 0.4) is 0 Å². The van der Waals surface area contributed by atoms with Gasteiger partial charge in [-0.2, -0.15) is 0 Å². The zero-order valence-electron chi connectivity index (χ0n) is 15.6. The fourth-order valence-electron chi connectivity index (χ4n) is 2.16. The first-order chi connectivity index (χ1) is 13.2. The number of nitrogens with one attached hydrogen (secondary N) is 2. The molecule has 10 nitrogen and oxygen atoms in total. The molecule has 12 heteroatoms. The van der Waals surface area contributed by atoms with Gasteiger partial charge in [0, 0.05) is 18.3 Å². The number of nitrogens with zero attached hydrogens (tertiary/aromatic N) is 3. The van der Waals surface area contributed by atoms with Gasteiger partial charge >= 0.3 is 5.97 Å². The molecule has 0 fully saturated rings. The van der Waals surface area contributed by atoms with Crippen molar-refractivity contribution in [3.63, 3.8) is 0 Å². The molecule has 0 radical (unpaired) electrons. The van der Waals surface area contributed by atoms with Crippen molar-refractivity contribution in [3.8, 4) is 11.4 Å². The number of benzene rings is 1. The summed E-state index contributed by atoms with van der Waals surface area (Å²) in [6, 6.07) is 6.69. The Kier molecular flexibility index (Phi) is 7.40. The van der Waals surface area contributed by atoms with Crippen molar-refractivity contribution in [2.24, 2.45) is 7.05 Å². The Hall–Kier alpha value is -2.60. The number of esters is 1. The largest absolute Gasteiger partial charge is 0.465 e. The zero-order chi connectivity index (χ0) is 20.7. The van der Waals surface area contributed by atoms with Crippen LogP contribution < -0.4 is 10.0 Å². The fourth-order valence-corrected chi connectivity index (χ4v) is 3.46. The predicted octanol–water partition coefficient (Wildman–Crippen LogP) is 0.625. The van der Waals surface area contributed by atoms with E-state index in [9.17, 15) is 18.0 Å². The third-order valence-electron chi connectivity index (χ3n) is 3.35. The number of carbonyl (C=O) groups is 2. The van der Waals surface area contributed by atoms with E-state index in [1.165, 1.54) is 11.8 Å². The lowest BCUT2D eigenvalue weighted by Gasteiger charge is -2.07. The minimum Gasteiger partial charge on any atom is -0.465 e. The second kappa shape index (κ2) is 9.55. The van der Waals surface area contributed by atoms with Crippen molar-refractivity contribution in [1.29, 1.82) is 0 Å². The predicted molar refractivity (Wildman–Crippen MR) is 105 cm³/mol. The van der Waals surface area contributed by atoms with Gasteiger partial charge < -0.3 is 14.6 Å². The van der Waals surface area contributed by atoms with Gasteiger partial charge in [0.25, 0.3) is 0 Å². The van der Waals surface area contributed by atoms with Crippen LogP contribution in [-0.4, -0.2) is 60.2 Å². The van der Waals surface area contributed by atoms with Gasteiger partial charge in [0.15, 0.2) is 11.0 Å². The van der Waals surface area contributed by atoms with E-state index in [4.69, 9.17) is 4.74 Å². The van der Waals surface area contributed by atoms with Crippen molar-refractivity contribution in [3.05, 3.63) is 24.3 Å². The monoisotopic (exact) mass is 427 g/mol. The van der Waals surface area contributed by atoms with Gasteiger partial charge in [-0.05, 0) is 31.2 Å². The minimum atomic E-state index is -3.34. The molecule has 1 aromatic carbocycles. The third-order valence-corrected chi connectivity index (χ3v) is 4.98. The molecule has 1 amide bonds. The van der Waals surface area contributed by atoms with Crippen LogP contribution in [0, 0.1) is 0 Å². The Morgan fingerprint density at radius 1 is 1.21 bits per heavy atom. The maximum atomic E-state index is 11.8. The maximum Gasteiger partial charge on any atom is 0.325 e. The number of thioether (sulfide) groups is 1. The summed E-state index contributed by atoms with van der Waals surface area (Å²) in [6.45, 7) is 1.78. The van der Waals surface area contributed by atoms with Crippen LogP contribution in [0.5, 0.6) is 0 Å². The topological polar surface area (TPSA) is 132 Å². The van der Waals surface area contributed by atoms with Gasteiger partial charge in [-0.15, -0.1) is 10.2 Å². The van der Waals surface area contributed by atoms with Gasteiger partial charge in [0.1, 0.15) is 6.54 Å². The van der Waals surface area contributed by atoms with Crippen LogP contribution in [0.15, 0.2) is 29.4 Å². The van der Waals surface area contributed by atoms with Crippen molar-refractivity contribution < 1.29 is 22.7 Å². The summed E-state index contributed by atoms with van der Waals surface area (Å²) in [7, 11) is -1.58. The first-order valence-corrected chi connectivity index (χ1v) is 11.1. The zero-order valence-corrected chi connectivity index (χ0v) is 17.3. The van der Waals surface area contributed by atoms with Crippen molar-refractivity contribution in [1.82, 2.24) is 20.1 Å². The van der Waals surface area contributed by atoms with Gasteiger partial charge in [-0.3, -0.25) is 14.3 Å². The summed E-state index contributed by atoms with van der Waals surface area (Å²) in [5.41, 5.74) is 1.19. The van der Waals surface area contributed by atoms with Gasteiger partial charge in [-0.25, -0.2) is 8.42 Å². The van der Waals surface area contributed by atoms with Crippen LogP contribution in [0.1, 0.15) is 6.92 Å². The number of rotatable bonds is 9. The molecule has 152 valence electrons. The smallest absolute Gasteiger partial charge is 0.325 e. The van der Waals surface area contributed by atoms with Crippen LogP contribution in [0.2, 0.25) is 0 Å². The molecule has 0 unspecified atom stereocenters. The molecule has 1 heterocycles. The number of hydrogen-bond donors (Lipinski definition) is 2. The number of carbonyl (C=O) groups excluding carboxylic acids is 2. The average Bonchev–Trinajstić information content (AvgIpc) is 2.98. The van der Waals surface area contributed by atoms with Crippen molar-refractivity contribution >= 4 is 39.3 Å². The van der Waals surface area contributed by atoms with Crippen LogP contribution in [-0.2, 0) is 31.4 Å². The van der Waals surface area contributed by atoms with Crippen LogP contribution >= 0.6 is 11.8 Å². The molecule has 0 aliphatic heterocycles. The first kappa shape index (κ1) is 21.7. The highest BCUT2D eigenvalue weighted by atomic mass is 32.2. The number of sulfonamides is 1. The average molecular weight is 428 g/mol. The molecule has 2 aromatic rings. The molecule has 1 aromatic heterocycles. The molecule has 2 N–H and O–H groups in total. The molecule has 0 atom stereocenters. The maximum absolute atomic E-state index is 11.8. The Morgan fingerprint density at radius 3 is 2.50 bits per heavy atom. The lowest BCUT2D eigenvalue weighted by molar-refractivity contribution is -0.143. The quantitative estimate of drug-likeness (QED) is 0.440. The van der Waals surface area contributed by atoms with Crippen LogP contribution in [0.25, 0.3) is 11.4 Å². The lowest BCUT2D eigenvalue weighted by Crippen LogP contribution is -2.31. The van der Waals surface area contributed by atoms with Crippen molar-refractivity contribution in [2.45, 2.75) is 12.1 Å². The highest BCUT2D eigenvalue weighted by Gasteiger charge is 2.14. The van der Waals surface area contributed by atoms with Gasteiger partial charge in [0.2, 0.25) is 15.9 Å². The van der Waals surface area contributed by atoms with E-state index in [1.807, 2.05) is 0 Å². The third kappa shape index (κ3) is 6.53. The van der Waals surface area contributed by atoms with E-state index in [0.29, 0.717) is 16.7 Å². The summed E-state index contributed by atoms with van der Waals surface area (Å²) in [4.78, 5) is 23.0. The molecule has 0 spiro atoms. The second-order valence-corrected chi connectivity index (χ2v) is 8.38. The highest BCUT2D eigenvalue weighted by molar-refractivity contribution is 7.99. The molecule has 0 saturated heterocycles. The van der Waals surface area contributed by atoms with Gasteiger partial charge in [0.05, 0.1) is 18.6 Å². The normalized spacial score (nSPS) is 11.1. The summed E-state index contributed by atoms with van der Waals surface area (Å²) < 4.78 is 31.4. The van der Waals surface area contributed by atoms with Crippen molar-refractivity contribution in [2.75, 3.05) is 29.9 Å². The molecule has 0 saturated carbocycles. The van der Waals surface area contributed by atoms with Crippen LogP contribution in [0.4, 0.5) is 5.69 Å². The van der Waals surface area contributed by atoms with E-state index in [1.54, 1.807) is 42.8 Å². The SMILES string of the molecule is CCOC(=O)CNC(=O)CSc1nnc(-c2ccc(NS(C)(=O)=O)cc2)n1C. The first-order valence-electron chi connectivity index (χ1n) is 8.22. The standard InChI is InChI=1S/C16H21N5O5S2/c1-4-26-14(23)9-17-13(22)10-27-16-19-18-15(21(16)2)11-5-7-12(8-6-11)20-28(3,24)25/h5-8,20H,4,9-10H2,1-3H3,(H,17,22). The summed E-state index contributed by atoms with van der Waals surface area (Å²) in [5, 5.41) is 11.2. The second-order valence-electron chi connectivity index (χ2n) is 5.69.